The largest absolute Gasteiger partial charge is 0.368 e. The number of hydrogen-bond donors (Lipinski definition) is 1. The van der Waals surface area contributed by atoms with Crippen LogP contribution >= 0.6 is 0 Å². The zero-order valence-electron chi connectivity index (χ0n) is 25.8. The van der Waals surface area contributed by atoms with Crippen molar-refractivity contribution in [3.05, 3.63) is 140 Å². The molecule has 4 aromatic rings. The van der Waals surface area contributed by atoms with Gasteiger partial charge in [-0.3, -0.25) is 28.8 Å². The molecular formula is C34H35N3O7Si. The number of ether oxygens (including phenoxy) is 2. The fraction of sp³-hybridized carbons (Fsp3) is 0.294. The van der Waals surface area contributed by atoms with Crippen LogP contribution in [0, 0.1) is 6.92 Å². The number of nitrogens with one attached hydrogen (secondary N) is 1. The number of carbonyl (C=O) groups is 2. The van der Waals surface area contributed by atoms with E-state index in [1.165, 1.54) is 10.8 Å². The quantitative estimate of drug-likeness (QED) is 0.248. The summed E-state index contributed by atoms with van der Waals surface area (Å²) in [6.07, 6.45) is -0.157. The number of carbonyl (C=O) groups excluding carboxylic acids is 2. The lowest BCUT2D eigenvalue weighted by molar-refractivity contribution is -0.163. The highest BCUT2D eigenvalue weighted by Gasteiger charge is 2.67. The van der Waals surface area contributed by atoms with E-state index in [0.29, 0.717) is 5.56 Å². The number of hydrogen-bond acceptors (Lipinski definition) is 7. The van der Waals surface area contributed by atoms with Gasteiger partial charge in [-0.25, -0.2) is 4.79 Å². The van der Waals surface area contributed by atoms with Gasteiger partial charge in [-0.1, -0.05) is 72.8 Å². The number of nitrogens with zero attached hydrogens (tertiary/aromatic N) is 2. The van der Waals surface area contributed by atoms with Crippen LogP contribution in [0.15, 0.2) is 101 Å². The molecule has 3 aromatic carbocycles. The molecule has 3 heterocycles. The minimum atomic E-state index is -1.38. The zero-order valence-corrected chi connectivity index (χ0v) is 27.8. The number of aromatic amines is 1. The smallest absolute Gasteiger partial charge is 0.330 e. The van der Waals surface area contributed by atoms with Crippen LogP contribution in [0.25, 0.3) is 0 Å². The van der Waals surface area contributed by atoms with E-state index in [1.807, 2.05) is 81.4 Å². The lowest BCUT2D eigenvalue weighted by atomic mass is 9.68. The van der Waals surface area contributed by atoms with Crippen molar-refractivity contribution in [2.24, 2.45) is 0 Å². The van der Waals surface area contributed by atoms with E-state index >= 15 is 0 Å². The number of H-pyrrole nitrogens is 1. The van der Waals surface area contributed by atoms with Crippen LogP contribution < -0.4 is 11.2 Å². The molecule has 1 saturated heterocycles. The number of hydroxylamine groups is 2. The summed E-state index contributed by atoms with van der Waals surface area (Å²) in [5.74, 6) is -1.13. The SMILES string of the molecule is Cc1cn([C@]2([SiH3])O[C@H](CON3C(=O)c4ccccc4C3=O)[C@@H](OC(C)(C)C)C2(c2ccccc2)c2ccccc2)c(=O)[nH]c1=O. The third kappa shape index (κ3) is 4.92. The van der Waals surface area contributed by atoms with E-state index in [9.17, 15) is 19.2 Å². The van der Waals surface area contributed by atoms with Gasteiger partial charge in [-0.2, -0.15) is 0 Å². The molecule has 0 radical (unpaired) electrons. The summed E-state index contributed by atoms with van der Waals surface area (Å²) in [4.78, 5) is 61.1. The van der Waals surface area contributed by atoms with Crippen molar-refractivity contribution in [1.82, 2.24) is 14.6 Å². The number of benzene rings is 3. The van der Waals surface area contributed by atoms with E-state index in [1.54, 1.807) is 31.2 Å². The van der Waals surface area contributed by atoms with Crippen molar-refractivity contribution < 1.29 is 23.9 Å². The van der Waals surface area contributed by atoms with Gasteiger partial charge in [0.1, 0.15) is 24.2 Å². The van der Waals surface area contributed by atoms with Crippen LogP contribution in [0.3, 0.4) is 0 Å². The maximum atomic E-state index is 13.7. The second-order valence-corrected chi connectivity index (χ2v) is 13.9. The van der Waals surface area contributed by atoms with Crippen LogP contribution in [0.4, 0.5) is 0 Å². The summed E-state index contributed by atoms with van der Waals surface area (Å²) in [6, 6.07) is 25.9. The first-order chi connectivity index (χ1) is 21.4. The van der Waals surface area contributed by atoms with Gasteiger partial charge in [0.15, 0.2) is 0 Å². The van der Waals surface area contributed by atoms with Crippen LogP contribution in [0.2, 0.25) is 0 Å². The first-order valence-electron chi connectivity index (χ1n) is 14.8. The second-order valence-electron chi connectivity index (χ2n) is 12.5. The molecule has 0 spiro atoms. The van der Waals surface area contributed by atoms with Gasteiger partial charge in [-0.15, -0.1) is 5.06 Å². The van der Waals surface area contributed by atoms with Crippen molar-refractivity contribution in [1.29, 1.82) is 0 Å². The molecule has 1 fully saturated rings. The molecule has 2 aliphatic heterocycles. The van der Waals surface area contributed by atoms with Crippen molar-refractivity contribution in [2.45, 2.75) is 56.3 Å². The Kier molecular flexibility index (Phi) is 7.60. The molecule has 3 atom stereocenters. The topological polar surface area (TPSA) is 120 Å². The standard InChI is InChI=1S/C34H35N3O7Si/c1-21-19-36(31(41)35-28(21)38)34(45)33(22-13-7-5-8-14-22,23-15-9-6-10-16-23)27(44-32(2,3)4)26(43-34)20-42-37-29(39)24-17-11-12-18-25(24)30(37)40/h5-19,26-27H,20H2,1-4,45H3,(H,35,38,41)/t26-,27-,34+/m1/s1. The zero-order chi connectivity index (χ0) is 32.1. The Morgan fingerprint density at radius 1 is 0.844 bits per heavy atom. The third-order valence-electron chi connectivity index (χ3n) is 8.52. The number of fused-ring (bicyclic) bond motifs is 1. The normalized spacial score (nSPS) is 22.6. The molecular weight excluding hydrogens is 590 g/mol. The van der Waals surface area contributed by atoms with E-state index < -0.39 is 51.6 Å². The highest BCUT2D eigenvalue weighted by atomic mass is 28.1. The first-order valence-corrected chi connectivity index (χ1v) is 15.8. The summed E-state index contributed by atoms with van der Waals surface area (Å²) in [6.45, 7) is 7.18. The minimum absolute atomic E-state index is 0.229. The number of amides is 2. The molecule has 0 unspecified atom stereocenters. The number of aryl methyl sites for hydroxylation is 1. The maximum Gasteiger partial charge on any atom is 0.330 e. The predicted molar refractivity (Wildman–Crippen MR) is 170 cm³/mol. The van der Waals surface area contributed by atoms with Gasteiger partial charge >= 0.3 is 5.69 Å². The fourth-order valence-electron chi connectivity index (χ4n) is 6.65. The molecule has 2 aliphatic rings. The van der Waals surface area contributed by atoms with Crippen molar-refractivity contribution >= 4 is 22.1 Å². The second kappa shape index (κ2) is 11.2. The molecule has 6 rings (SSSR count). The van der Waals surface area contributed by atoms with Crippen molar-refractivity contribution in [3.63, 3.8) is 0 Å². The van der Waals surface area contributed by atoms with Crippen LogP contribution in [0.1, 0.15) is 58.2 Å². The summed E-state index contributed by atoms with van der Waals surface area (Å²) >= 11 is 0. The molecule has 11 heteroatoms. The van der Waals surface area contributed by atoms with Gasteiger partial charge < -0.3 is 9.47 Å². The number of rotatable bonds is 7. The molecule has 1 N–H and O–H groups in total. The Morgan fingerprint density at radius 2 is 1.36 bits per heavy atom. The third-order valence-corrected chi connectivity index (χ3v) is 10.0. The van der Waals surface area contributed by atoms with Gasteiger partial charge in [-0.05, 0) is 51.0 Å². The lowest BCUT2D eigenvalue weighted by Gasteiger charge is -2.47. The maximum absolute atomic E-state index is 13.7. The van der Waals surface area contributed by atoms with E-state index in [2.05, 4.69) is 4.98 Å². The predicted octanol–water partition coefficient (Wildman–Crippen LogP) is 2.62. The van der Waals surface area contributed by atoms with Crippen LogP contribution in [0.5, 0.6) is 0 Å². The molecule has 2 amide bonds. The van der Waals surface area contributed by atoms with Crippen LogP contribution in [-0.2, 0) is 25.1 Å². The summed E-state index contributed by atoms with van der Waals surface area (Å²) < 4.78 is 15.4. The molecule has 0 bridgehead atoms. The monoisotopic (exact) mass is 625 g/mol. The van der Waals surface area contributed by atoms with Gasteiger partial charge in [0.2, 0.25) is 0 Å². The molecule has 45 heavy (non-hydrogen) atoms. The summed E-state index contributed by atoms with van der Waals surface area (Å²) in [7, 11) is 0.229. The van der Waals surface area contributed by atoms with Gasteiger partial charge in [0.05, 0.1) is 32.4 Å². The molecule has 232 valence electrons. The fourth-order valence-corrected chi connectivity index (χ4v) is 8.15. The summed E-state index contributed by atoms with van der Waals surface area (Å²) in [5, 5.41) is -0.619. The van der Waals surface area contributed by atoms with Crippen LogP contribution in [-0.4, -0.2) is 61.1 Å². The van der Waals surface area contributed by atoms with E-state index in [0.717, 1.165) is 16.2 Å². The molecule has 10 nitrogen and oxygen atoms in total. The van der Waals surface area contributed by atoms with E-state index in [4.69, 9.17) is 14.3 Å². The highest BCUT2D eigenvalue weighted by Crippen LogP contribution is 2.56. The number of imide groups is 1. The lowest BCUT2D eigenvalue weighted by Crippen LogP contribution is -2.61. The van der Waals surface area contributed by atoms with Crippen molar-refractivity contribution in [2.75, 3.05) is 6.61 Å². The highest BCUT2D eigenvalue weighted by molar-refractivity contribution is 6.20. The average molecular weight is 626 g/mol. The Morgan fingerprint density at radius 3 is 1.87 bits per heavy atom. The average Bonchev–Trinajstić information content (AvgIpc) is 3.40. The molecule has 0 aliphatic carbocycles. The van der Waals surface area contributed by atoms with Gasteiger partial charge in [0.25, 0.3) is 17.4 Å². The molecule has 1 aromatic heterocycles. The Balaban J connectivity index is 1.57. The van der Waals surface area contributed by atoms with Gasteiger partial charge in [0, 0.05) is 11.8 Å². The van der Waals surface area contributed by atoms with E-state index in [-0.39, 0.29) is 28.0 Å². The van der Waals surface area contributed by atoms with Crippen molar-refractivity contribution in [3.8, 4) is 0 Å². The number of aromatic nitrogens is 2. The summed E-state index contributed by atoms with van der Waals surface area (Å²) in [5.41, 5.74) is -0.484. The Bertz CT molecular complexity index is 1810. The minimum Gasteiger partial charge on any atom is -0.368 e. The first kappa shape index (κ1) is 30.6. The molecule has 0 saturated carbocycles. The Hall–Kier alpha value is -4.42. The Labute approximate surface area is 262 Å².